The molecule has 2 aromatic heterocycles. The Morgan fingerprint density at radius 2 is 2.00 bits per heavy atom. The Kier molecular flexibility index (Phi) is 4.86. The summed E-state index contributed by atoms with van der Waals surface area (Å²) in [6.07, 6.45) is -4.67. The molecule has 0 spiro atoms. The second-order valence-corrected chi connectivity index (χ2v) is 5.17. The fourth-order valence-electron chi connectivity index (χ4n) is 1.89. The second kappa shape index (κ2) is 6.37. The molecule has 2 aromatic rings. The highest BCUT2D eigenvalue weighted by atomic mass is 35.5. The van der Waals surface area contributed by atoms with Crippen molar-refractivity contribution >= 4 is 29.2 Å². The maximum atomic E-state index is 12.9. The lowest BCUT2D eigenvalue weighted by molar-refractivity contribution is -0.143. The highest BCUT2D eigenvalue weighted by Gasteiger charge is 2.39. The first-order valence-electron chi connectivity index (χ1n) is 6.30. The smallest absolute Gasteiger partial charge is 0.434 e. The van der Waals surface area contributed by atoms with Crippen molar-refractivity contribution < 1.29 is 22.7 Å². The summed E-state index contributed by atoms with van der Waals surface area (Å²) in [7, 11) is 1.11. The average molecular weight is 368 g/mol. The molecule has 0 aliphatic rings. The molecule has 0 amide bonds. The van der Waals surface area contributed by atoms with Crippen LogP contribution in [0.3, 0.4) is 0 Å². The topological polar surface area (TPSA) is 57.0 Å². The number of alkyl halides is 3. The van der Waals surface area contributed by atoms with Gasteiger partial charge in [0, 0.05) is 7.05 Å². The van der Waals surface area contributed by atoms with Gasteiger partial charge in [-0.15, -0.1) is 0 Å². The van der Waals surface area contributed by atoms with E-state index in [-0.39, 0.29) is 28.7 Å². The van der Waals surface area contributed by atoms with E-state index in [0.29, 0.717) is 4.68 Å². The highest BCUT2D eigenvalue weighted by molar-refractivity contribution is 6.34. The first-order chi connectivity index (χ1) is 10.7. The van der Waals surface area contributed by atoms with Crippen LogP contribution in [0.5, 0.6) is 0 Å². The number of carbonyl (C=O) groups excluding carboxylic acids is 1. The zero-order valence-corrected chi connectivity index (χ0v) is 13.4. The molecule has 10 heteroatoms. The Hall–Kier alpha value is -1.80. The van der Waals surface area contributed by atoms with Crippen molar-refractivity contribution in [2.45, 2.75) is 13.1 Å². The number of rotatable bonds is 3. The predicted octanol–water partition coefficient (Wildman–Crippen LogP) is 3.98. The van der Waals surface area contributed by atoms with Gasteiger partial charge in [-0.3, -0.25) is 4.68 Å². The number of hydrogen-bond acceptors (Lipinski definition) is 4. The van der Waals surface area contributed by atoms with Gasteiger partial charge in [0.05, 0.1) is 17.3 Å². The summed E-state index contributed by atoms with van der Waals surface area (Å²) in [5, 5.41) is 3.13. The maximum Gasteiger partial charge on any atom is 0.434 e. The first kappa shape index (κ1) is 17.6. The van der Waals surface area contributed by atoms with Gasteiger partial charge >= 0.3 is 12.1 Å². The molecule has 0 N–H and O–H groups in total. The summed E-state index contributed by atoms with van der Waals surface area (Å²) >= 11 is 11.7. The van der Waals surface area contributed by atoms with Crippen LogP contribution in [0, 0.1) is 0 Å². The Labute approximate surface area is 139 Å². The lowest BCUT2D eigenvalue weighted by atomic mass is 10.2. The second-order valence-electron chi connectivity index (χ2n) is 4.38. The number of hydrogen-bond donors (Lipinski definition) is 0. The van der Waals surface area contributed by atoms with Crippen LogP contribution < -0.4 is 0 Å². The van der Waals surface area contributed by atoms with Crippen molar-refractivity contribution in [3.8, 4) is 11.4 Å². The largest absolute Gasteiger partial charge is 0.461 e. The third-order valence-corrected chi connectivity index (χ3v) is 3.48. The Morgan fingerprint density at radius 1 is 1.35 bits per heavy atom. The molecule has 0 aliphatic heterocycles. The maximum absolute atomic E-state index is 12.9. The molecule has 0 saturated heterocycles. The van der Waals surface area contributed by atoms with Crippen LogP contribution in [0.1, 0.15) is 23.1 Å². The van der Waals surface area contributed by atoms with Crippen LogP contribution in [0.2, 0.25) is 10.0 Å². The zero-order valence-electron chi connectivity index (χ0n) is 11.9. The first-order valence-corrected chi connectivity index (χ1v) is 7.06. The number of pyridine rings is 1. The molecule has 0 bridgehead atoms. The molecule has 23 heavy (non-hydrogen) atoms. The Balaban J connectivity index is 2.56. The molecule has 124 valence electrons. The summed E-state index contributed by atoms with van der Waals surface area (Å²) in [6.45, 7) is 1.70. The van der Waals surface area contributed by atoms with Gasteiger partial charge in [0.25, 0.3) is 0 Å². The number of carbonyl (C=O) groups is 1. The highest BCUT2D eigenvalue weighted by Crippen LogP contribution is 2.39. The van der Waals surface area contributed by atoms with Crippen molar-refractivity contribution in [3.63, 3.8) is 0 Å². The Bertz CT molecular complexity index is 760. The average Bonchev–Trinajstić information content (AvgIpc) is 2.74. The summed E-state index contributed by atoms with van der Waals surface area (Å²) < 4.78 is 44.2. The number of esters is 1. The molecule has 5 nitrogen and oxygen atoms in total. The van der Waals surface area contributed by atoms with E-state index in [1.807, 2.05) is 0 Å². The van der Waals surface area contributed by atoms with Gasteiger partial charge in [-0.25, -0.2) is 9.78 Å². The lowest BCUT2D eigenvalue weighted by Gasteiger charge is -2.06. The number of ether oxygens (including phenoxy) is 1. The third-order valence-electron chi connectivity index (χ3n) is 2.82. The summed E-state index contributed by atoms with van der Waals surface area (Å²) in [6, 6.07) is 2.63. The van der Waals surface area contributed by atoms with Gasteiger partial charge in [0.2, 0.25) is 0 Å². The molecular formula is C13H10Cl2F3N3O2. The minimum atomic E-state index is -4.67. The summed E-state index contributed by atoms with van der Waals surface area (Å²) in [5.41, 5.74) is -1.55. The fraction of sp³-hybridized carbons (Fsp3) is 0.308. The molecule has 2 rings (SSSR count). The molecule has 0 aromatic carbocycles. The van der Waals surface area contributed by atoms with E-state index in [4.69, 9.17) is 27.9 Å². The minimum Gasteiger partial charge on any atom is -0.461 e. The number of aryl methyl sites for hydroxylation is 1. The van der Waals surface area contributed by atoms with Gasteiger partial charge < -0.3 is 4.74 Å². The predicted molar refractivity (Wildman–Crippen MR) is 77.4 cm³/mol. The van der Waals surface area contributed by atoms with Crippen molar-refractivity contribution in [2.75, 3.05) is 6.61 Å². The van der Waals surface area contributed by atoms with Crippen LogP contribution in [-0.2, 0) is 18.0 Å². The van der Waals surface area contributed by atoms with Crippen LogP contribution in [0.4, 0.5) is 13.2 Å². The van der Waals surface area contributed by atoms with Crippen molar-refractivity contribution in [1.29, 1.82) is 0 Å². The van der Waals surface area contributed by atoms with Gasteiger partial charge in [-0.2, -0.15) is 18.3 Å². The van der Waals surface area contributed by atoms with E-state index in [2.05, 4.69) is 10.1 Å². The van der Waals surface area contributed by atoms with E-state index < -0.39 is 22.9 Å². The van der Waals surface area contributed by atoms with Crippen molar-refractivity contribution in [3.05, 3.63) is 33.6 Å². The third kappa shape index (κ3) is 3.42. The van der Waals surface area contributed by atoms with E-state index >= 15 is 0 Å². The van der Waals surface area contributed by atoms with Crippen LogP contribution in [-0.4, -0.2) is 27.3 Å². The van der Waals surface area contributed by atoms with E-state index in [0.717, 1.165) is 7.05 Å². The number of aromatic nitrogens is 3. The van der Waals surface area contributed by atoms with Gasteiger partial charge in [0.15, 0.2) is 11.4 Å². The number of nitrogens with zero attached hydrogens (tertiary/aromatic N) is 3. The minimum absolute atomic E-state index is 0.00954. The molecule has 0 radical (unpaired) electrons. The summed E-state index contributed by atoms with van der Waals surface area (Å²) in [4.78, 5) is 15.7. The molecule has 0 atom stereocenters. The fourth-order valence-corrected chi connectivity index (χ4v) is 2.43. The lowest BCUT2D eigenvalue weighted by Crippen LogP contribution is -2.12. The van der Waals surface area contributed by atoms with Gasteiger partial charge in [0.1, 0.15) is 10.7 Å². The zero-order chi connectivity index (χ0) is 17.4. The monoisotopic (exact) mass is 367 g/mol. The van der Waals surface area contributed by atoms with Gasteiger partial charge in [-0.1, -0.05) is 23.2 Å². The molecule has 0 fully saturated rings. The van der Waals surface area contributed by atoms with Crippen LogP contribution in [0.25, 0.3) is 11.4 Å². The van der Waals surface area contributed by atoms with E-state index in [9.17, 15) is 18.0 Å². The molecular weight excluding hydrogens is 358 g/mol. The van der Waals surface area contributed by atoms with Crippen LogP contribution in [0.15, 0.2) is 12.1 Å². The van der Waals surface area contributed by atoms with Crippen molar-refractivity contribution in [1.82, 2.24) is 14.8 Å². The molecule has 0 aliphatic carbocycles. The van der Waals surface area contributed by atoms with Crippen LogP contribution >= 0.6 is 23.2 Å². The summed E-state index contributed by atoms with van der Waals surface area (Å²) in [5.74, 6) is -0.789. The molecule has 2 heterocycles. The number of halogens is 5. The van der Waals surface area contributed by atoms with Crippen molar-refractivity contribution in [2.24, 2.45) is 7.05 Å². The molecule has 0 unspecified atom stereocenters. The molecule has 0 saturated carbocycles. The van der Waals surface area contributed by atoms with E-state index in [1.54, 1.807) is 6.92 Å². The SMILES string of the molecule is CCOC(=O)c1nc(-c2nn(C)c(C(F)(F)F)c2Cl)ccc1Cl. The van der Waals surface area contributed by atoms with Gasteiger partial charge in [-0.05, 0) is 19.1 Å². The quantitative estimate of drug-likeness (QED) is 0.769. The Morgan fingerprint density at radius 3 is 2.52 bits per heavy atom. The standard InChI is InChI=1S/C13H10Cl2F3N3O2/c1-3-23-12(22)9-6(14)4-5-7(19-9)10-8(15)11(13(16,17)18)21(2)20-10/h4-5H,3H2,1-2H3. The van der Waals surface area contributed by atoms with E-state index in [1.165, 1.54) is 12.1 Å². The normalized spacial score (nSPS) is 11.6.